The third-order valence-electron chi connectivity index (χ3n) is 3.43. The highest BCUT2D eigenvalue weighted by Crippen LogP contribution is 2.32. The van der Waals surface area contributed by atoms with Crippen LogP contribution >= 0.6 is 11.8 Å². The normalized spacial score (nSPS) is 35.2. The highest BCUT2D eigenvalue weighted by molar-refractivity contribution is 7.99. The van der Waals surface area contributed by atoms with Crippen LogP contribution in [0.15, 0.2) is 0 Å². The molecule has 2 atom stereocenters. The first kappa shape index (κ1) is 12.7. The molecule has 1 heterocycles. The third-order valence-corrected chi connectivity index (χ3v) is 4.63. The van der Waals surface area contributed by atoms with Gasteiger partial charge in [0.15, 0.2) is 0 Å². The van der Waals surface area contributed by atoms with Crippen LogP contribution in [0.4, 0.5) is 0 Å². The zero-order valence-electron chi connectivity index (χ0n) is 10.6. The smallest absolute Gasteiger partial charge is 0.0565 e. The van der Waals surface area contributed by atoms with E-state index >= 15 is 0 Å². The molecule has 2 unspecified atom stereocenters. The zero-order chi connectivity index (χ0) is 11.4. The molecule has 1 aliphatic heterocycles. The molecule has 1 saturated carbocycles. The first-order valence-electron chi connectivity index (χ1n) is 6.70. The van der Waals surface area contributed by atoms with Crippen molar-refractivity contribution in [3.05, 3.63) is 0 Å². The van der Waals surface area contributed by atoms with E-state index in [1.54, 1.807) is 0 Å². The Kier molecular flexibility index (Phi) is 4.98. The summed E-state index contributed by atoms with van der Waals surface area (Å²) in [4.78, 5) is 0. The molecule has 0 amide bonds. The van der Waals surface area contributed by atoms with Crippen molar-refractivity contribution in [1.29, 1.82) is 0 Å². The van der Waals surface area contributed by atoms with Gasteiger partial charge in [-0.25, -0.2) is 0 Å². The Bertz CT molecular complexity index is 198. The molecule has 1 N–H and O–H groups in total. The van der Waals surface area contributed by atoms with Crippen LogP contribution in [0.2, 0.25) is 0 Å². The van der Waals surface area contributed by atoms with E-state index in [-0.39, 0.29) is 0 Å². The van der Waals surface area contributed by atoms with Crippen LogP contribution in [0.5, 0.6) is 0 Å². The lowest BCUT2D eigenvalue weighted by Crippen LogP contribution is -2.42. The van der Waals surface area contributed by atoms with Crippen LogP contribution in [0.25, 0.3) is 0 Å². The molecule has 3 heteroatoms. The average Bonchev–Trinajstić information content (AvgIpc) is 2.99. The van der Waals surface area contributed by atoms with Gasteiger partial charge in [0.05, 0.1) is 12.2 Å². The summed E-state index contributed by atoms with van der Waals surface area (Å²) in [6.07, 6.45) is 6.18. The summed E-state index contributed by atoms with van der Waals surface area (Å²) >= 11 is 2.12. The Hall–Kier alpha value is 0.270. The summed E-state index contributed by atoms with van der Waals surface area (Å²) in [5.41, 5.74) is 0. The van der Waals surface area contributed by atoms with Gasteiger partial charge in [0.25, 0.3) is 0 Å². The largest absolute Gasteiger partial charge is 0.375 e. The average molecular weight is 243 g/mol. The number of ether oxygens (including phenoxy) is 1. The topological polar surface area (TPSA) is 21.3 Å². The van der Waals surface area contributed by atoms with E-state index < -0.39 is 0 Å². The van der Waals surface area contributed by atoms with Gasteiger partial charge < -0.3 is 10.1 Å². The Morgan fingerprint density at radius 3 is 2.50 bits per heavy atom. The molecule has 16 heavy (non-hydrogen) atoms. The number of thioether (sulfide) groups is 1. The molecule has 0 aromatic carbocycles. The second kappa shape index (κ2) is 6.27. The zero-order valence-corrected chi connectivity index (χ0v) is 11.4. The standard InChI is InChI=1S/C13H25NOS/c1-10-7-13(8-11(2)15-10)14-5-6-16-9-12-3-4-12/h10-14H,3-9H2,1-2H3. The maximum Gasteiger partial charge on any atom is 0.0565 e. The van der Waals surface area contributed by atoms with E-state index in [2.05, 4.69) is 30.9 Å². The lowest BCUT2D eigenvalue weighted by molar-refractivity contribution is -0.0417. The van der Waals surface area contributed by atoms with Gasteiger partial charge in [-0.3, -0.25) is 0 Å². The molecule has 94 valence electrons. The first-order chi connectivity index (χ1) is 7.74. The number of hydrogen-bond acceptors (Lipinski definition) is 3. The molecular weight excluding hydrogens is 218 g/mol. The molecule has 0 spiro atoms. The minimum atomic E-state index is 0.431. The summed E-state index contributed by atoms with van der Waals surface area (Å²) in [5.74, 6) is 3.73. The van der Waals surface area contributed by atoms with Crippen molar-refractivity contribution in [2.24, 2.45) is 5.92 Å². The fraction of sp³-hybridized carbons (Fsp3) is 1.00. The van der Waals surface area contributed by atoms with Crippen molar-refractivity contribution >= 4 is 11.8 Å². The van der Waals surface area contributed by atoms with Crippen molar-refractivity contribution in [3.63, 3.8) is 0 Å². The quantitative estimate of drug-likeness (QED) is 0.725. The van der Waals surface area contributed by atoms with Gasteiger partial charge in [-0.15, -0.1) is 0 Å². The number of nitrogens with one attached hydrogen (secondary N) is 1. The van der Waals surface area contributed by atoms with Crippen LogP contribution in [0, 0.1) is 5.92 Å². The summed E-state index contributed by atoms with van der Waals surface area (Å²) in [6, 6.07) is 0.681. The molecule has 0 aromatic rings. The molecule has 2 fully saturated rings. The van der Waals surface area contributed by atoms with Gasteiger partial charge in [-0.2, -0.15) is 11.8 Å². The second-order valence-corrected chi connectivity index (χ2v) is 6.55. The third kappa shape index (κ3) is 4.64. The Balaban J connectivity index is 1.50. The Labute approximate surface area is 104 Å². The van der Waals surface area contributed by atoms with Crippen LogP contribution in [-0.2, 0) is 4.74 Å². The molecule has 0 radical (unpaired) electrons. The summed E-state index contributed by atoms with van der Waals surface area (Å²) in [7, 11) is 0. The van der Waals surface area contributed by atoms with Gasteiger partial charge in [0.2, 0.25) is 0 Å². The summed E-state index contributed by atoms with van der Waals surface area (Å²) < 4.78 is 5.74. The minimum Gasteiger partial charge on any atom is -0.375 e. The van der Waals surface area contributed by atoms with Crippen molar-refractivity contribution in [1.82, 2.24) is 5.32 Å². The predicted octanol–water partition coefficient (Wildman–Crippen LogP) is 2.68. The highest BCUT2D eigenvalue weighted by atomic mass is 32.2. The molecule has 2 aliphatic rings. The van der Waals surface area contributed by atoms with Gasteiger partial charge in [-0.05, 0) is 51.2 Å². The fourth-order valence-corrected chi connectivity index (χ4v) is 3.54. The van der Waals surface area contributed by atoms with E-state index in [9.17, 15) is 0 Å². The van der Waals surface area contributed by atoms with Crippen molar-refractivity contribution < 1.29 is 4.74 Å². The van der Waals surface area contributed by atoms with E-state index in [0.29, 0.717) is 18.2 Å². The fourth-order valence-electron chi connectivity index (χ4n) is 2.44. The monoisotopic (exact) mass is 243 g/mol. The van der Waals surface area contributed by atoms with Crippen LogP contribution in [-0.4, -0.2) is 36.3 Å². The Morgan fingerprint density at radius 1 is 1.19 bits per heavy atom. The highest BCUT2D eigenvalue weighted by Gasteiger charge is 2.24. The maximum absolute atomic E-state index is 5.74. The van der Waals surface area contributed by atoms with Crippen molar-refractivity contribution in [3.8, 4) is 0 Å². The van der Waals surface area contributed by atoms with Crippen LogP contribution in [0.3, 0.4) is 0 Å². The molecular formula is C13H25NOS. The van der Waals surface area contributed by atoms with Crippen molar-refractivity contribution in [2.45, 2.75) is 57.8 Å². The van der Waals surface area contributed by atoms with Gasteiger partial charge in [0.1, 0.15) is 0 Å². The van der Waals surface area contributed by atoms with Gasteiger partial charge >= 0.3 is 0 Å². The lowest BCUT2D eigenvalue weighted by atomic mass is 10.00. The molecule has 0 aromatic heterocycles. The SMILES string of the molecule is CC1CC(NCCSCC2CC2)CC(C)O1. The minimum absolute atomic E-state index is 0.431. The predicted molar refractivity (Wildman–Crippen MR) is 71.1 cm³/mol. The molecule has 2 nitrogen and oxygen atoms in total. The number of hydrogen-bond donors (Lipinski definition) is 1. The first-order valence-corrected chi connectivity index (χ1v) is 7.86. The Morgan fingerprint density at radius 2 is 1.88 bits per heavy atom. The molecule has 0 bridgehead atoms. The van der Waals surface area contributed by atoms with Gasteiger partial charge in [0, 0.05) is 18.3 Å². The molecule has 1 saturated heterocycles. The van der Waals surface area contributed by atoms with E-state index in [1.165, 1.54) is 43.7 Å². The van der Waals surface area contributed by atoms with E-state index in [4.69, 9.17) is 4.74 Å². The molecule has 2 rings (SSSR count). The number of rotatable bonds is 6. The van der Waals surface area contributed by atoms with E-state index in [0.717, 1.165) is 5.92 Å². The summed E-state index contributed by atoms with van der Waals surface area (Å²) in [5, 5.41) is 3.68. The molecule has 1 aliphatic carbocycles. The van der Waals surface area contributed by atoms with Gasteiger partial charge in [-0.1, -0.05) is 0 Å². The van der Waals surface area contributed by atoms with E-state index in [1.807, 2.05) is 0 Å². The van der Waals surface area contributed by atoms with Crippen molar-refractivity contribution in [2.75, 3.05) is 18.1 Å². The maximum atomic E-state index is 5.74. The second-order valence-electron chi connectivity index (χ2n) is 5.40. The van der Waals surface area contributed by atoms with Crippen LogP contribution < -0.4 is 5.32 Å². The summed E-state index contributed by atoms with van der Waals surface area (Å²) in [6.45, 7) is 5.54. The van der Waals surface area contributed by atoms with Crippen LogP contribution in [0.1, 0.15) is 39.5 Å². The lowest BCUT2D eigenvalue weighted by Gasteiger charge is -2.32.